The van der Waals surface area contributed by atoms with Gasteiger partial charge in [-0.05, 0) is 53.2 Å². The number of ether oxygens (including phenoxy) is 1. The minimum Gasteiger partial charge on any atom is -0.454 e. The third-order valence-electron chi connectivity index (χ3n) is 2.51. The number of oxime groups is 1. The van der Waals surface area contributed by atoms with Gasteiger partial charge in [0.25, 0.3) is 0 Å². The Morgan fingerprint density at radius 1 is 1.37 bits per heavy atom. The molecule has 0 fully saturated rings. The molecule has 0 amide bonds. The van der Waals surface area contributed by atoms with Crippen LogP contribution in [0.15, 0.2) is 46.2 Å². The Kier molecular flexibility index (Phi) is 4.01. The van der Waals surface area contributed by atoms with Crippen molar-refractivity contribution in [2.45, 2.75) is 6.92 Å². The summed E-state index contributed by atoms with van der Waals surface area (Å²) in [4.78, 5) is 4.15. The molecule has 6 heteroatoms. The molecule has 98 valence electrons. The van der Waals surface area contributed by atoms with E-state index in [1.165, 1.54) is 0 Å². The van der Waals surface area contributed by atoms with Gasteiger partial charge in [-0.15, -0.1) is 0 Å². The molecule has 5 nitrogen and oxygen atoms in total. The number of rotatable bonds is 3. The monoisotopic (exact) mass is 321 g/mol. The Bertz CT molecular complexity index is 629. The zero-order valence-electron chi connectivity index (χ0n) is 10.2. The summed E-state index contributed by atoms with van der Waals surface area (Å²) in [6, 6.07) is 8.81. The highest BCUT2D eigenvalue weighted by atomic mass is 79.9. The second-order valence-electron chi connectivity index (χ2n) is 3.82. The summed E-state index contributed by atoms with van der Waals surface area (Å²) in [5, 5.41) is 11.6. The van der Waals surface area contributed by atoms with Crippen molar-refractivity contribution in [2.75, 3.05) is 0 Å². The van der Waals surface area contributed by atoms with Crippen LogP contribution in [-0.2, 0) is 0 Å². The minimum absolute atomic E-state index is 0.0461. The smallest absolute Gasteiger partial charge is 0.170 e. The number of nitrogens with two attached hydrogens (primary N) is 1. The SMILES string of the molecule is Cc1ncccc1Oc1ccc(/C(N)=N/O)cc1Br. The van der Waals surface area contributed by atoms with Crippen molar-refractivity contribution < 1.29 is 9.94 Å². The van der Waals surface area contributed by atoms with Gasteiger partial charge in [0, 0.05) is 11.8 Å². The molecular weight excluding hydrogens is 310 g/mol. The maximum atomic E-state index is 8.63. The number of nitrogens with zero attached hydrogens (tertiary/aromatic N) is 2. The van der Waals surface area contributed by atoms with E-state index < -0.39 is 0 Å². The average Bonchev–Trinajstić information content (AvgIpc) is 2.42. The van der Waals surface area contributed by atoms with Crippen LogP contribution in [0, 0.1) is 6.92 Å². The number of aryl methyl sites for hydroxylation is 1. The Balaban J connectivity index is 2.30. The molecule has 0 aliphatic heterocycles. The third-order valence-corrected chi connectivity index (χ3v) is 3.13. The Hall–Kier alpha value is -2.08. The van der Waals surface area contributed by atoms with Crippen molar-refractivity contribution in [3.05, 3.63) is 52.3 Å². The number of benzene rings is 1. The van der Waals surface area contributed by atoms with Gasteiger partial charge in [0.2, 0.25) is 0 Å². The topological polar surface area (TPSA) is 80.7 Å². The van der Waals surface area contributed by atoms with Crippen LogP contribution in [-0.4, -0.2) is 16.0 Å². The van der Waals surface area contributed by atoms with Crippen LogP contribution in [0.1, 0.15) is 11.3 Å². The molecule has 0 radical (unpaired) electrons. The summed E-state index contributed by atoms with van der Waals surface area (Å²) < 4.78 is 6.46. The van der Waals surface area contributed by atoms with Crippen LogP contribution in [0.2, 0.25) is 0 Å². The summed E-state index contributed by atoms with van der Waals surface area (Å²) >= 11 is 3.39. The highest BCUT2D eigenvalue weighted by Gasteiger charge is 2.08. The quantitative estimate of drug-likeness (QED) is 0.394. The molecule has 2 aromatic rings. The first-order valence-corrected chi connectivity index (χ1v) is 6.28. The van der Waals surface area contributed by atoms with Gasteiger partial charge < -0.3 is 15.7 Å². The molecule has 2 rings (SSSR count). The fourth-order valence-electron chi connectivity index (χ4n) is 1.50. The molecule has 0 spiro atoms. The first-order chi connectivity index (χ1) is 9.11. The number of hydrogen-bond donors (Lipinski definition) is 2. The lowest BCUT2D eigenvalue weighted by molar-refractivity contribution is 0.318. The predicted octanol–water partition coefficient (Wildman–Crippen LogP) is 3.04. The maximum absolute atomic E-state index is 8.63. The molecule has 1 aromatic heterocycles. The fourth-order valence-corrected chi connectivity index (χ4v) is 1.96. The van der Waals surface area contributed by atoms with Crippen molar-refractivity contribution in [1.29, 1.82) is 0 Å². The number of hydrogen-bond acceptors (Lipinski definition) is 4. The van der Waals surface area contributed by atoms with E-state index in [9.17, 15) is 0 Å². The summed E-state index contributed by atoms with van der Waals surface area (Å²) in [6.07, 6.45) is 1.71. The van der Waals surface area contributed by atoms with Crippen molar-refractivity contribution in [3.63, 3.8) is 0 Å². The Morgan fingerprint density at radius 2 is 2.16 bits per heavy atom. The van der Waals surface area contributed by atoms with Gasteiger partial charge >= 0.3 is 0 Å². The lowest BCUT2D eigenvalue weighted by atomic mass is 10.2. The largest absolute Gasteiger partial charge is 0.454 e. The van der Waals surface area contributed by atoms with Gasteiger partial charge in [0.15, 0.2) is 5.84 Å². The average molecular weight is 322 g/mol. The molecule has 0 saturated carbocycles. The first-order valence-electron chi connectivity index (χ1n) is 5.48. The van der Waals surface area contributed by atoms with Crippen molar-refractivity contribution >= 4 is 21.8 Å². The Labute approximate surface area is 118 Å². The molecule has 19 heavy (non-hydrogen) atoms. The van der Waals surface area contributed by atoms with Gasteiger partial charge in [0.1, 0.15) is 11.5 Å². The normalized spacial score (nSPS) is 11.4. The first kappa shape index (κ1) is 13.4. The van der Waals surface area contributed by atoms with Crippen LogP contribution in [0.4, 0.5) is 0 Å². The summed E-state index contributed by atoms with van der Waals surface area (Å²) in [6.45, 7) is 1.87. The van der Waals surface area contributed by atoms with E-state index in [2.05, 4.69) is 26.1 Å². The van der Waals surface area contributed by atoms with E-state index in [0.717, 1.165) is 5.69 Å². The van der Waals surface area contributed by atoms with Crippen LogP contribution >= 0.6 is 15.9 Å². The third kappa shape index (κ3) is 3.03. The van der Waals surface area contributed by atoms with E-state index in [1.807, 2.05) is 13.0 Å². The van der Waals surface area contributed by atoms with E-state index in [-0.39, 0.29) is 5.84 Å². The molecular formula is C13H12BrN3O2. The highest BCUT2D eigenvalue weighted by molar-refractivity contribution is 9.10. The molecule has 1 aromatic carbocycles. The van der Waals surface area contributed by atoms with Crippen molar-refractivity contribution in [1.82, 2.24) is 4.98 Å². The predicted molar refractivity (Wildman–Crippen MR) is 75.7 cm³/mol. The van der Waals surface area contributed by atoms with Crippen LogP contribution < -0.4 is 10.5 Å². The fraction of sp³-hybridized carbons (Fsp3) is 0.0769. The zero-order valence-corrected chi connectivity index (χ0v) is 11.8. The van der Waals surface area contributed by atoms with Gasteiger partial charge in [-0.25, -0.2) is 0 Å². The molecule has 0 saturated heterocycles. The van der Waals surface area contributed by atoms with Gasteiger partial charge in [0.05, 0.1) is 10.2 Å². The van der Waals surface area contributed by atoms with Gasteiger partial charge in [-0.1, -0.05) is 5.16 Å². The van der Waals surface area contributed by atoms with Crippen molar-refractivity contribution in [2.24, 2.45) is 10.9 Å². The zero-order chi connectivity index (χ0) is 13.8. The number of pyridine rings is 1. The summed E-state index contributed by atoms with van der Waals surface area (Å²) in [5.41, 5.74) is 6.92. The number of aromatic nitrogens is 1. The van der Waals surface area contributed by atoms with E-state index in [1.54, 1.807) is 30.5 Å². The standard InChI is InChI=1S/C13H12BrN3O2/c1-8-11(3-2-6-16-8)19-12-5-4-9(7-10(12)14)13(15)17-18/h2-7,18H,1H3,(H2,15,17). The Morgan fingerprint density at radius 3 is 2.79 bits per heavy atom. The second kappa shape index (κ2) is 5.71. The molecule has 0 aliphatic carbocycles. The number of amidine groups is 1. The maximum Gasteiger partial charge on any atom is 0.170 e. The molecule has 0 unspecified atom stereocenters. The lowest BCUT2D eigenvalue weighted by Gasteiger charge is -2.10. The highest BCUT2D eigenvalue weighted by Crippen LogP contribution is 2.31. The molecule has 0 atom stereocenters. The summed E-state index contributed by atoms with van der Waals surface area (Å²) in [7, 11) is 0. The van der Waals surface area contributed by atoms with E-state index in [0.29, 0.717) is 21.5 Å². The lowest BCUT2D eigenvalue weighted by Crippen LogP contribution is -2.12. The van der Waals surface area contributed by atoms with Crippen molar-refractivity contribution in [3.8, 4) is 11.5 Å². The summed E-state index contributed by atoms with van der Waals surface area (Å²) in [5.74, 6) is 1.36. The van der Waals surface area contributed by atoms with E-state index >= 15 is 0 Å². The van der Waals surface area contributed by atoms with Crippen LogP contribution in [0.3, 0.4) is 0 Å². The number of halogens is 1. The molecule has 0 aliphatic rings. The van der Waals surface area contributed by atoms with Gasteiger partial charge in [-0.2, -0.15) is 0 Å². The van der Waals surface area contributed by atoms with Crippen LogP contribution in [0.5, 0.6) is 11.5 Å². The molecule has 0 bridgehead atoms. The molecule has 1 heterocycles. The minimum atomic E-state index is 0.0461. The van der Waals surface area contributed by atoms with Crippen LogP contribution in [0.25, 0.3) is 0 Å². The van der Waals surface area contributed by atoms with E-state index in [4.69, 9.17) is 15.7 Å². The second-order valence-corrected chi connectivity index (χ2v) is 4.67. The molecule has 3 N–H and O–H groups in total. The van der Waals surface area contributed by atoms with Gasteiger partial charge in [-0.3, -0.25) is 4.98 Å².